The van der Waals surface area contributed by atoms with Crippen LogP contribution in [0.2, 0.25) is 0 Å². The van der Waals surface area contributed by atoms with Crippen LogP contribution in [-0.4, -0.2) is 44.7 Å². The molecule has 0 aromatic carbocycles. The van der Waals surface area contributed by atoms with Crippen molar-refractivity contribution in [2.75, 3.05) is 24.4 Å². The molecule has 0 aliphatic rings. The first-order valence-electron chi connectivity index (χ1n) is 5.26. The molecular formula is C9H13N9O. The van der Waals surface area contributed by atoms with Crippen LogP contribution < -0.4 is 21.9 Å². The highest BCUT2D eigenvalue weighted by Gasteiger charge is 2.11. The van der Waals surface area contributed by atoms with Gasteiger partial charge in [0.05, 0.1) is 11.8 Å². The van der Waals surface area contributed by atoms with E-state index < -0.39 is 5.91 Å². The van der Waals surface area contributed by atoms with Crippen molar-refractivity contribution in [3.05, 3.63) is 18.0 Å². The highest BCUT2D eigenvalue weighted by molar-refractivity contribution is 5.92. The number of carbonyl (C=O) groups is 1. The molecular weight excluding hydrogens is 250 g/mol. The van der Waals surface area contributed by atoms with Gasteiger partial charge in [-0.15, -0.1) is 0 Å². The van der Waals surface area contributed by atoms with E-state index in [9.17, 15) is 4.79 Å². The number of hydrogen-bond acceptors (Lipinski definition) is 8. The summed E-state index contributed by atoms with van der Waals surface area (Å²) in [7, 11) is 3.55. The average Bonchev–Trinajstić information content (AvgIpc) is 2.87. The molecule has 10 heteroatoms. The van der Waals surface area contributed by atoms with Crippen molar-refractivity contribution in [3.63, 3.8) is 0 Å². The molecule has 2 aromatic rings. The SMILES string of the molecule is CN(C)c1nc(NN)nc(-n2cc(C(N)=O)cn2)n1. The third-order valence-corrected chi connectivity index (χ3v) is 2.21. The molecule has 0 saturated carbocycles. The van der Waals surface area contributed by atoms with E-state index in [4.69, 9.17) is 11.6 Å². The molecule has 0 bridgehead atoms. The number of aromatic nitrogens is 5. The van der Waals surface area contributed by atoms with E-state index >= 15 is 0 Å². The Morgan fingerprint density at radius 2 is 2.11 bits per heavy atom. The van der Waals surface area contributed by atoms with Gasteiger partial charge in [-0.05, 0) is 0 Å². The van der Waals surface area contributed by atoms with Crippen LogP contribution in [0, 0.1) is 0 Å². The summed E-state index contributed by atoms with van der Waals surface area (Å²) in [6.07, 6.45) is 2.76. The lowest BCUT2D eigenvalue weighted by molar-refractivity contribution is 0.100. The van der Waals surface area contributed by atoms with E-state index in [-0.39, 0.29) is 17.5 Å². The number of primary amides is 1. The third kappa shape index (κ3) is 2.57. The van der Waals surface area contributed by atoms with Gasteiger partial charge in [-0.2, -0.15) is 20.1 Å². The number of nitrogen functional groups attached to an aromatic ring is 1. The first kappa shape index (κ1) is 12.7. The molecule has 0 fully saturated rings. The summed E-state index contributed by atoms with van der Waals surface area (Å²) < 4.78 is 1.32. The number of nitrogens with one attached hydrogen (secondary N) is 1. The van der Waals surface area contributed by atoms with Gasteiger partial charge in [0.1, 0.15) is 0 Å². The van der Waals surface area contributed by atoms with Gasteiger partial charge in [0, 0.05) is 20.3 Å². The lowest BCUT2D eigenvalue weighted by Crippen LogP contribution is -2.19. The van der Waals surface area contributed by atoms with Crippen molar-refractivity contribution >= 4 is 17.8 Å². The number of hydrogen-bond donors (Lipinski definition) is 3. The predicted molar refractivity (Wildman–Crippen MR) is 67.6 cm³/mol. The molecule has 2 heterocycles. The highest BCUT2D eigenvalue weighted by atomic mass is 16.1. The molecule has 1 amide bonds. The van der Waals surface area contributed by atoms with Gasteiger partial charge in [-0.1, -0.05) is 0 Å². The maximum absolute atomic E-state index is 11.0. The van der Waals surface area contributed by atoms with Gasteiger partial charge in [0.15, 0.2) is 0 Å². The van der Waals surface area contributed by atoms with Crippen molar-refractivity contribution in [1.82, 2.24) is 24.7 Å². The molecule has 0 atom stereocenters. The standard InChI is InChI=1S/C9H13N9O/c1-17(2)8-13-7(16-11)14-9(15-8)18-4-5(3-12-18)6(10)19/h3-4H,11H2,1-2H3,(H2,10,19)(H,13,14,15,16). The number of anilines is 2. The fraction of sp³-hybridized carbons (Fsp3) is 0.222. The summed E-state index contributed by atoms with van der Waals surface area (Å²) in [6.45, 7) is 0. The highest BCUT2D eigenvalue weighted by Crippen LogP contribution is 2.10. The summed E-state index contributed by atoms with van der Waals surface area (Å²) in [4.78, 5) is 25.0. The molecule has 0 aliphatic heterocycles. The molecule has 0 saturated heterocycles. The van der Waals surface area contributed by atoms with E-state index in [1.54, 1.807) is 19.0 Å². The second-order valence-corrected chi connectivity index (χ2v) is 3.84. The molecule has 19 heavy (non-hydrogen) atoms. The topological polar surface area (TPSA) is 141 Å². The Kier molecular flexibility index (Phi) is 3.25. The van der Waals surface area contributed by atoms with Gasteiger partial charge in [-0.25, -0.2) is 10.5 Å². The van der Waals surface area contributed by atoms with Gasteiger partial charge in [0.2, 0.25) is 11.9 Å². The molecule has 0 aliphatic carbocycles. The Labute approximate surface area is 108 Å². The molecule has 0 spiro atoms. The molecule has 0 radical (unpaired) electrons. The number of rotatable bonds is 4. The fourth-order valence-corrected chi connectivity index (χ4v) is 1.28. The Bertz CT molecular complexity index is 605. The normalized spacial score (nSPS) is 10.3. The van der Waals surface area contributed by atoms with Crippen LogP contribution in [0.1, 0.15) is 10.4 Å². The van der Waals surface area contributed by atoms with Gasteiger partial charge < -0.3 is 10.6 Å². The minimum absolute atomic E-state index is 0.185. The van der Waals surface area contributed by atoms with Crippen molar-refractivity contribution < 1.29 is 4.79 Å². The van der Waals surface area contributed by atoms with Gasteiger partial charge >= 0.3 is 0 Å². The van der Waals surface area contributed by atoms with Crippen LogP contribution in [0.5, 0.6) is 0 Å². The summed E-state index contributed by atoms with van der Waals surface area (Å²) >= 11 is 0. The Balaban J connectivity index is 2.47. The molecule has 100 valence electrons. The zero-order chi connectivity index (χ0) is 14.0. The van der Waals surface area contributed by atoms with Crippen LogP contribution in [-0.2, 0) is 0 Å². The van der Waals surface area contributed by atoms with Crippen LogP contribution in [0.25, 0.3) is 5.95 Å². The Hall–Kier alpha value is -2.75. The molecule has 10 nitrogen and oxygen atoms in total. The predicted octanol–water partition coefficient (Wildman–Crippen LogP) is -1.49. The average molecular weight is 263 g/mol. The Morgan fingerprint density at radius 1 is 1.37 bits per heavy atom. The molecule has 0 unspecified atom stereocenters. The van der Waals surface area contributed by atoms with E-state index in [0.29, 0.717) is 5.95 Å². The number of nitrogens with zero attached hydrogens (tertiary/aromatic N) is 6. The number of carbonyl (C=O) groups excluding carboxylic acids is 1. The quantitative estimate of drug-likeness (QED) is 0.447. The summed E-state index contributed by atoms with van der Waals surface area (Å²) in [5.41, 5.74) is 7.75. The largest absolute Gasteiger partial charge is 0.366 e. The molecule has 2 aromatic heterocycles. The van der Waals surface area contributed by atoms with Gasteiger partial charge in [0.25, 0.3) is 11.9 Å². The monoisotopic (exact) mass is 263 g/mol. The molecule has 5 N–H and O–H groups in total. The first-order chi connectivity index (χ1) is 9.01. The van der Waals surface area contributed by atoms with Crippen molar-refractivity contribution in [3.8, 4) is 5.95 Å². The smallest absolute Gasteiger partial charge is 0.257 e. The zero-order valence-electron chi connectivity index (χ0n) is 10.4. The van der Waals surface area contributed by atoms with E-state index in [1.807, 2.05) is 0 Å². The number of amides is 1. The minimum Gasteiger partial charge on any atom is -0.366 e. The molecule has 2 rings (SSSR count). The Morgan fingerprint density at radius 3 is 2.63 bits per heavy atom. The van der Waals surface area contributed by atoms with E-state index in [1.165, 1.54) is 17.1 Å². The zero-order valence-corrected chi connectivity index (χ0v) is 10.4. The maximum Gasteiger partial charge on any atom is 0.257 e. The lowest BCUT2D eigenvalue weighted by Gasteiger charge is -2.12. The second kappa shape index (κ2) is 4.86. The van der Waals surface area contributed by atoms with E-state index in [2.05, 4.69) is 25.5 Å². The van der Waals surface area contributed by atoms with Crippen LogP contribution in [0.4, 0.5) is 11.9 Å². The van der Waals surface area contributed by atoms with Crippen LogP contribution in [0.15, 0.2) is 12.4 Å². The fourth-order valence-electron chi connectivity index (χ4n) is 1.28. The number of hydrazine groups is 1. The van der Waals surface area contributed by atoms with Crippen LogP contribution >= 0.6 is 0 Å². The second-order valence-electron chi connectivity index (χ2n) is 3.84. The van der Waals surface area contributed by atoms with Crippen molar-refractivity contribution in [2.24, 2.45) is 11.6 Å². The maximum atomic E-state index is 11.0. The first-order valence-corrected chi connectivity index (χ1v) is 5.26. The summed E-state index contributed by atoms with van der Waals surface area (Å²) in [5, 5.41) is 3.96. The summed E-state index contributed by atoms with van der Waals surface area (Å²) in [5.74, 6) is 5.52. The number of nitrogens with two attached hydrogens (primary N) is 2. The minimum atomic E-state index is -0.578. The van der Waals surface area contributed by atoms with Crippen molar-refractivity contribution in [1.29, 1.82) is 0 Å². The third-order valence-electron chi connectivity index (χ3n) is 2.21. The summed E-state index contributed by atoms with van der Waals surface area (Å²) in [6, 6.07) is 0. The lowest BCUT2D eigenvalue weighted by atomic mass is 10.4. The van der Waals surface area contributed by atoms with Crippen LogP contribution in [0.3, 0.4) is 0 Å². The van der Waals surface area contributed by atoms with E-state index in [0.717, 1.165) is 0 Å². The van der Waals surface area contributed by atoms with Gasteiger partial charge in [-0.3, -0.25) is 10.2 Å². The van der Waals surface area contributed by atoms with Crippen molar-refractivity contribution in [2.45, 2.75) is 0 Å².